The molecule has 112 valence electrons. The molecule has 0 aliphatic heterocycles. The summed E-state index contributed by atoms with van der Waals surface area (Å²) in [6.07, 6.45) is 4.68. The van der Waals surface area contributed by atoms with Crippen molar-refractivity contribution in [2.75, 3.05) is 7.05 Å². The van der Waals surface area contributed by atoms with Crippen LogP contribution in [0.3, 0.4) is 0 Å². The number of hydrogen-bond acceptors (Lipinski definition) is 5. The quantitative estimate of drug-likeness (QED) is 0.939. The minimum atomic E-state index is -0.940. The molecule has 6 heteroatoms. The molecule has 1 atom stereocenters. The summed E-state index contributed by atoms with van der Waals surface area (Å²) in [5.41, 5.74) is 1.46. The van der Waals surface area contributed by atoms with Gasteiger partial charge in [0.1, 0.15) is 11.3 Å². The molecule has 0 fully saturated rings. The third kappa shape index (κ3) is 2.73. The Morgan fingerprint density at radius 3 is 3.19 bits per heavy atom. The third-order valence-corrected chi connectivity index (χ3v) is 5.04. The maximum Gasteiger partial charge on any atom is 0.339 e. The van der Waals surface area contributed by atoms with Crippen LogP contribution in [0.25, 0.3) is 0 Å². The summed E-state index contributed by atoms with van der Waals surface area (Å²) in [6, 6.07) is 1.81. The molecular weight excluding hydrogens is 288 g/mol. The van der Waals surface area contributed by atoms with E-state index < -0.39 is 5.97 Å². The summed E-state index contributed by atoms with van der Waals surface area (Å²) in [7, 11) is 2.02. The van der Waals surface area contributed by atoms with Gasteiger partial charge in [-0.05, 0) is 39.3 Å². The normalized spacial score (nSPS) is 18.0. The lowest BCUT2D eigenvalue weighted by molar-refractivity contribution is 0.0692. The zero-order valence-corrected chi connectivity index (χ0v) is 12.9. The van der Waals surface area contributed by atoms with E-state index in [0.29, 0.717) is 18.3 Å². The van der Waals surface area contributed by atoms with Crippen LogP contribution in [0.4, 0.5) is 0 Å². The van der Waals surface area contributed by atoms with Gasteiger partial charge in [0.15, 0.2) is 0 Å². The van der Waals surface area contributed by atoms with Gasteiger partial charge in [-0.15, -0.1) is 11.3 Å². The highest BCUT2D eigenvalue weighted by Crippen LogP contribution is 2.38. The zero-order chi connectivity index (χ0) is 15.0. The lowest BCUT2D eigenvalue weighted by atomic mass is 9.97. The van der Waals surface area contributed by atoms with Crippen LogP contribution in [0.15, 0.2) is 16.7 Å². The van der Waals surface area contributed by atoms with Gasteiger partial charge in [0, 0.05) is 10.9 Å². The number of aromatic nitrogens is 1. The van der Waals surface area contributed by atoms with Crippen molar-refractivity contribution >= 4 is 17.3 Å². The number of hydrogen-bond donors (Lipinski definition) is 1. The first kappa shape index (κ1) is 14.3. The maximum absolute atomic E-state index is 11.2. The van der Waals surface area contributed by atoms with E-state index in [-0.39, 0.29) is 5.56 Å². The average Bonchev–Trinajstić information content (AvgIpc) is 3.02. The summed E-state index contributed by atoms with van der Waals surface area (Å²) in [5.74, 6) is -0.427. The summed E-state index contributed by atoms with van der Waals surface area (Å²) >= 11 is 1.75. The molecule has 5 nitrogen and oxygen atoms in total. The molecule has 21 heavy (non-hydrogen) atoms. The Bertz CT molecular complexity index is 662. The second-order valence-corrected chi connectivity index (χ2v) is 6.66. The molecule has 1 aliphatic carbocycles. The van der Waals surface area contributed by atoms with Crippen LogP contribution < -0.4 is 0 Å². The largest absolute Gasteiger partial charge is 0.478 e. The molecule has 2 aromatic rings. The van der Waals surface area contributed by atoms with E-state index >= 15 is 0 Å². The monoisotopic (exact) mass is 306 g/mol. The molecule has 0 spiro atoms. The van der Waals surface area contributed by atoms with Gasteiger partial charge >= 0.3 is 5.97 Å². The summed E-state index contributed by atoms with van der Waals surface area (Å²) < 4.78 is 5.35. The highest BCUT2D eigenvalue weighted by molar-refractivity contribution is 7.11. The van der Waals surface area contributed by atoms with Gasteiger partial charge in [-0.1, -0.05) is 0 Å². The van der Waals surface area contributed by atoms with Crippen LogP contribution in [0.1, 0.15) is 50.6 Å². The number of carboxylic acids is 1. The van der Waals surface area contributed by atoms with Crippen molar-refractivity contribution in [2.45, 2.75) is 38.8 Å². The Labute approximate surface area is 127 Å². The van der Waals surface area contributed by atoms with E-state index in [1.165, 1.54) is 22.9 Å². The van der Waals surface area contributed by atoms with Crippen molar-refractivity contribution in [1.82, 2.24) is 9.88 Å². The van der Waals surface area contributed by atoms with E-state index in [0.717, 1.165) is 24.3 Å². The number of thiazole rings is 1. The highest BCUT2D eigenvalue weighted by atomic mass is 32.1. The Morgan fingerprint density at radius 1 is 1.62 bits per heavy atom. The standard InChI is InChI=1S/C15H18N2O3S/c1-9-16-11-4-3-5-12(14(11)21-9)17(2)8-13-10(15(18)19)6-7-20-13/h6-7,12H,3-5,8H2,1-2H3,(H,18,19). The smallest absolute Gasteiger partial charge is 0.339 e. The highest BCUT2D eigenvalue weighted by Gasteiger charge is 2.28. The first-order valence-electron chi connectivity index (χ1n) is 7.02. The molecule has 3 rings (SSSR count). The Morgan fingerprint density at radius 2 is 2.43 bits per heavy atom. The second-order valence-electron chi connectivity index (χ2n) is 5.43. The lowest BCUT2D eigenvalue weighted by Crippen LogP contribution is -2.27. The van der Waals surface area contributed by atoms with E-state index in [2.05, 4.69) is 9.88 Å². The van der Waals surface area contributed by atoms with Crippen molar-refractivity contribution in [3.63, 3.8) is 0 Å². The van der Waals surface area contributed by atoms with Gasteiger partial charge in [-0.3, -0.25) is 4.90 Å². The van der Waals surface area contributed by atoms with E-state index in [1.54, 1.807) is 11.3 Å². The molecule has 0 radical (unpaired) electrons. The molecule has 0 amide bonds. The molecule has 1 aliphatic rings. The fourth-order valence-electron chi connectivity index (χ4n) is 2.93. The third-order valence-electron chi connectivity index (χ3n) is 3.93. The number of carboxylic acid groups (broad SMARTS) is 1. The average molecular weight is 306 g/mol. The molecule has 1 unspecified atom stereocenters. The zero-order valence-electron chi connectivity index (χ0n) is 12.1. The summed E-state index contributed by atoms with van der Waals surface area (Å²) in [5, 5.41) is 10.3. The van der Waals surface area contributed by atoms with Gasteiger partial charge < -0.3 is 9.52 Å². The van der Waals surface area contributed by atoms with E-state index in [9.17, 15) is 4.79 Å². The number of aryl methyl sites for hydroxylation is 2. The van der Waals surface area contributed by atoms with Crippen molar-refractivity contribution in [2.24, 2.45) is 0 Å². The Kier molecular flexibility index (Phi) is 3.82. The minimum Gasteiger partial charge on any atom is -0.478 e. The van der Waals surface area contributed by atoms with Crippen LogP contribution in [-0.2, 0) is 13.0 Å². The predicted molar refractivity (Wildman–Crippen MR) is 79.7 cm³/mol. The van der Waals surface area contributed by atoms with E-state index in [4.69, 9.17) is 9.52 Å². The SMILES string of the molecule is Cc1nc2c(s1)C(N(C)Cc1occc1C(=O)O)CCC2. The molecular formula is C15H18N2O3S. The topological polar surface area (TPSA) is 66.6 Å². The number of fused-ring (bicyclic) bond motifs is 1. The van der Waals surface area contributed by atoms with Gasteiger partial charge in [-0.25, -0.2) is 9.78 Å². The first-order valence-corrected chi connectivity index (χ1v) is 7.84. The summed E-state index contributed by atoms with van der Waals surface area (Å²) in [6.45, 7) is 2.53. The fraction of sp³-hybridized carbons (Fsp3) is 0.467. The van der Waals surface area contributed by atoms with Crippen LogP contribution in [-0.4, -0.2) is 28.0 Å². The van der Waals surface area contributed by atoms with Crippen molar-refractivity contribution in [1.29, 1.82) is 0 Å². The van der Waals surface area contributed by atoms with Crippen molar-refractivity contribution in [3.05, 3.63) is 39.2 Å². The molecule has 0 bridgehead atoms. The minimum absolute atomic E-state index is 0.248. The molecule has 2 aromatic heterocycles. The molecule has 0 saturated heterocycles. The van der Waals surface area contributed by atoms with Crippen molar-refractivity contribution in [3.8, 4) is 0 Å². The Balaban J connectivity index is 1.81. The van der Waals surface area contributed by atoms with Gasteiger partial charge in [-0.2, -0.15) is 0 Å². The van der Waals surface area contributed by atoms with Crippen LogP contribution in [0.2, 0.25) is 0 Å². The summed E-state index contributed by atoms with van der Waals surface area (Å²) in [4.78, 5) is 19.2. The van der Waals surface area contributed by atoms with Crippen LogP contribution in [0.5, 0.6) is 0 Å². The molecule has 1 N–H and O–H groups in total. The maximum atomic E-state index is 11.2. The van der Waals surface area contributed by atoms with Gasteiger partial charge in [0.2, 0.25) is 0 Å². The van der Waals surface area contributed by atoms with Gasteiger partial charge in [0.25, 0.3) is 0 Å². The molecule has 0 saturated carbocycles. The number of aromatic carboxylic acids is 1. The number of furan rings is 1. The fourth-order valence-corrected chi connectivity index (χ4v) is 4.10. The van der Waals surface area contributed by atoms with Crippen LogP contribution in [0, 0.1) is 6.92 Å². The van der Waals surface area contributed by atoms with Crippen LogP contribution >= 0.6 is 11.3 Å². The second kappa shape index (κ2) is 5.61. The van der Waals surface area contributed by atoms with Gasteiger partial charge in [0.05, 0.1) is 23.5 Å². The number of carbonyl (C=O) groups is 1. The van der Waals surface area contributed by atoms with E-state index in [1.807, 2.05) is 14.0 Å². The lowest BCUT2D eigenvalue weighted by Gasteiger charge is -2.30. The number of nitrogens with zero attached hydrogens (tertiary/aromatic N) is 2. The first-order chi connectivity index (χ1) is 10.1. The predicted octanol–water partition coefficient (Wildman–Crippen LogP) is 3.25. The van der Waals surface area contributed by atoms with Crippen molar-refractivity contribution < 1.29 is 14.3 Å². The molecule has 0 aromatic carbocycles. The number of rotatable bonds is 4. The molecule has 2 heterocycles. The Hall–Kier alpha value is -1.66.